The molecule has 2 heterocycles. The zero-order valence-electron chi connectivity index (χ0n) is 11.4. The highest BCUT2D eigenvalue weighted by Gasteiger charge is 2.23. The minimum atomic E-state index is -1.07. The molecule has 1 fully saturated rings. The van der Waals surface area contributed by atoms with Gasteiger partial charge in [-0.25, -0.2) is 4.79 Å². The largest absolute Gasteiger partial charge is 0.478 e. The van der Waals surface area contributed by atoms with Crippen molar-refractivity contribution in [3.63, 3.8) is 0 Å². The maximum Gasteiger partial charge on any atom is 0.335 e. The molecule has 0 aromatic carbocycles. The number of carboxylic acids is 1. The molecule has 0 bridgehead atoms. The number of nitrogens with zero attached hydrogens (tertiary/aromatic N) is 2. The molecule has 1 amide bonds. The van der Waals surface area contributed by atoms with Crippen LogP contribution in [-0.2, 0) is 4.74 Å². The van der Waals surface area contributed by atoms with Crippen LogP contribution in [0.15, 0.2) is 18.3 Å². The predicted octanol–water partition coefficient (Wildman–Crippen LogP) is 1.42. The van der Waals surface area contributed by atoms with Gasteiger partial charge in [0.15, 0.2) is 0 Å². The van der Waals surface area contributed by atoms with Crippen LogP contribution in [0.4, 0.5) is 0 Å². The van der Waals surface area contributed by atoms with Gasteiger partial charge in [0.2, 0.25) is 0 Å². The van der Waals surface area contributed by atoms with Crippen molar-refractivity contribution >= 4 is 11.9 Å². The summed E-state index contributed by atoms with van der Waals surface area (Å²) in [6.07, 6.45) is 3.38. The van der Waals surface area contributed by atoms with Crippen molar-refractivity contribution < 1.29 is 19.4 Å². The van der Waals surface area contributed by atoms with Gasteiger partial charge in [0, 0.05) is 25.9 Å². The van der Waals surface area contributed by atoms with Crippen LogP contribution in [0, 0.1) is 0 Å². The minimum Gasteiger partial charge on any atom is -0.478 e. The molecule has 20 heavy (non-hydrogen) atoms. The molecule has 1 N–H and O–H groups in total. The average Bonchev–Trinajstić information content (AvgIpc) is 2.97. The molecule has 0 aliphatic carbocycles. The molecule has 1 aliphatic heterocycles. The molecule has 108 valence electrons. The van der Waals surface area contributed by atoms with Crippen molar-refractivity contribution in [1.29, 1.82) is 0 Å². The molecular weight excluding hydrogens is 260 g/mol. The maximum absolute atomic E-state index is 12.4. The van der Waals surface area contributed by atoms with Gasteiger partial charge in [-0.3, -0.25) is 9.78 Å². The number of hydrogen-bond donors (Lipinski definition) is 1. The number of ether oxygens (including phenoxy) is 1. The van der Waals surface area contributed by atoms with E-state index >= 15 is 0 Å². The van der Waals surface area contributed by atoms with Crippen LogP contribution < -0.4 is 0 Å². The number of amides is 1. The molecule has 1 atom stereocenters. The zero-order chi connectivity index (χ0) is 14.5. The Hall–Kier alpha value is -1.95. The fourth-order valence-electron chi connectivity index (χ4n) is 2.23. The number of aromatic carboxylic acids is 1. The van der Waals surface area contributed by atoms with Gasteiger partial charge < -0.3 is 14.7 Å². The van der Waals surface area contributed by atoms with E-state index in [4.69, 9.17) is 9.84 Å². The maximum atomic E-state index is 12.4. The second-order valence-corrected chi connectivity index (χ2v) is 4.71. The van der Waals surface area contributed by atoms with Crippen LogP contribution in [0.5, 0.6) is 0 Å². The number of pyridine rings is 1. The van der Waals surface area contributed by atoms with E-state index < -0.39 is 5.97 Å². The van der Waals surface area contributed by atoms with Crippen LogP contribution in [0.1, 0.15) is 40.6 Å². The highest BCUT2D eigenvalue weighted by Crippen LogP contribution is 2.15. The van der Waals surface area contributed by atoms with E-state index in [0.717, 1.165) is 19.4 Å². The van der Waals surface area contributed by atoms with Crippen molar-refractivity contribution in [3.8, 4) is 0 Å². The van der Waals surface area contributed by atoms with Crippen molar-refractivity contribution in [2.24, 2.45) is 0 Å². The number of carbonyl (C=O) groups excluding carboxylic acids is 1. The van der Waals surface area contributed by atoms with Crippen molar-refractivity contribution in [1.82, 2.24) is 9.88 Å². The highest BCUT2D eigenvalue weighted by molar-refractivity contribution is 5.95. The summed E-state index contributed by atoms with van der Waals surface area (Å²) in [6, 6.07) is 2.68. The second kappa shape index (κ2) is 6.47. The number of hydrogen-bond acceptors (Lipinski definition) is 4. The van der Waals surface area contributed by atoms with Crippen LogP contribution in [0.3, 0.4) is 0 Å². The van der Waals surface area contributed by atoms with E-state index in [1.807, 2.05) is 6.92 Å². The standard InChI is InChI=1S/C14H18N2O4/c1-2-16(9-11-4-3-7-20-11)13(17)12-8-10(14(18)19)5-6-15-12/h5-6,8,11H,2-4,7,9H2,1H3,(H,18,19). The Labute approximate surface area is 117 Å². The Morgan fingerprint density at radius 3 is 2.95 bits per heavy atom. The lowest BCUT2D eigenvalue weighted by Crippen LogP contribution is -2.37. The minimum absolute atomic E-state index is 0.0662. The summed E-state index contributed by atoms with van der Waals surface area (Å²) in [6.45, 7) is 3.68. The van der Waals surface area contributed by atoms with E-state index in [0.29, 0.717) is 13.1 Å². The number of rotatable bonds is 5. The summed E-state index contributed by atoms with van der Waals surface area (Å²) in [5, 5.41) is 8.94. The Morgan fingerprint density at radius 1 is 1.55 bits per heavy atom. The van der Waals surface area contributed by atoms with Gasteiger partial charge in [0.05, 0.1) is 11.7 Å². The first-order valence-corrected chi connectivity index (χ1v) is 6.72. The topological polar surface area (TPSA) is 79.7 Å². The lowest BCUT2D eigenvalue weighted by atomic mass is 10.2. The Kier molecular flexibility index (Phi) is 4.68. The van der Waals surface area contributed by atoms with E-state index in [1.54, 1.807) is 4.90 Å². The first-order chi connectivity index (χ1) is 9.61. The third kappa shape index (κ3) is 3.33. The summed E-state index contributed by atoms with van der Waals surface area (Å²) < 4.78 is 5.52. The molecule has 1 saturated heterocycles. The van der Waals surface area contributed by atoms with Crippen molar-refractivity contribution in [3.05, 3.63) is 29.6 Å². The molecule has 2 rings (SSSR count). The van der Waals surface area contributed by atoms with E-state index in [1.165, 1.54) is 18.3 Å². The molecule has 1 aromatic rings. The van der Waals surface area contributed by atoms with Gasteiger partial charge in [0.1, 0.15) is 5.69 Å². The summed E-state index contributed by atoms with van der Waals surface area (Å²) >= 11 is 0. The molecular formula is C14H18N2O4. The normalized spacial score (nSPS) is 17.9. The van der Waals surface area contributed by atoms with E-state index in [-0.39, 0.29) is 23.3 Å². The lowest BCUT2D eigenvalue weighted by molar-refractivity contribution is 0.0534. The third-order valence-electron chi connectivity index (χ3n) is 3.34. The van der Waals surface area contributed by atoms with Crippen molar-refractivity contribution in [2.45, 2.75) is 25.9 Å². The second-order valence-electron chi connectivity index (χ2n) is 4.71. The molecule has 0 spiro atoms. The number of likely N-dealkylation sites (N-methyl/N-ethyl adjacent to an activating group) is 1. The molecule has 0 saturated carbocycles. The molecule has 0 radical (unpaired) electrons. The Balaban J connectivity index is 2.10. The van der Waals surface area contributed by atoms with E-state index in [9.17, 15) is 9.59 Å². The highest BCUT2D eigenvalue weighted by atomic mass is 16.5. The summed E-state index contributed by atoms with van der Waals surface area (Å²) in [7, 11) is 0. The fourth-order valence-corrected chi connectivity index (χ4v) is 2.23. The molecule has 1 aromatic heterocycles. The molecule has 1 unspecified atom stereocenters. The number of carboxylic acid groups (broad SMARTS) is 1. The van der Waals surface area contributed by atoms with Gasteiger partial charge in [0.25, 0.3) is 5.91 Å². The third-order valence-corrected chi connectivity index (χ3v) is 3.34. The van der Waals surface area contributed by atoms with Crippen LogP contribution in [-0.4, -0.2) is 52.7 Å². The van der Waals surface area contributed by atoms with Gasteiger partial charge in [-0.1, -0.05) is 0 Å². The van der Waals surface area contributed by atoms with Gasteiger partial charge in [-0.2, -0.15) is 0 Å². The van der Waals surface area contributed by atoms with Gasteiger partial charge in [-0.15, -0.1) is 0 Å². The predicted molar refractivity (Wildman–Crippen MR) is 71.7 cm³/mol. The smallest absolute Gasteiger partial charge is 0.335 e. The molecule has 6 heteroatoms. The van der Waals surface area contributed by atoms with Crippen LogP contribution >= 0.6 is 0 Å². The SMILES string of the molecule is CCN(CC1CCCO1)C(=O)c1cc(C(=O)O)ccn1. The summed E-state index contributed by atoms with van der Waals surface area (Å²) in [5.74, 6) is -1.32. The summed E-state index contributed by atoms with van der Waals surface area (Å²) in [4.78, 5) is 28.9. The molecule has 1 aliphatic rings. The monoisotopic (exact) mass is 278 g/mol. The Morgan fingerprint density at radius 2 is 2.35 bits per heavy atom. The average molecular weight is 278 g/mol. The fraction of sp³-hybridized carbons (Fsp3) is 0.500. The quantitative estimate of drug-likeness (QED) is 0.881. The van der Waals surface area contributed by atoms with Crippen molar-refractivity contribution in [2.75, 3.05) is 19.7 Å². The van der Waals surface area contributed by atoms with Gasteiger partial charge in [-0.05, 0) is 31.9 Å². The zero-order valence-corrected chi connectivity index (χ0v) is 11.4. The number of carbonyl (C=O) groups is 2. The van der Waals surface area contributed by atoms with Crippen LogP contribution in [0.25, 0.3) is 0 Å². The van der Waals surface area contributed by atoms with Gasteiger partial charge >= 0.3 is 5.97 Å². The number of aromatic nitrogens is 1. The summed E-state index contributed by atoms with van der Waals surface area (Å²) in [5.41, 5.74) is 0.223. The lowest BCUT2D eigenvalue weighted by Gasteiger charge is -2.23. The first kappa shape index (κ1) is 14.5. The first-order valence-electron chi connectivity index (χ1n) is 6.72. The van der Waals surface area contributed by atoms with Crippen LogP contribution in [0.2, 0.25) is 0 Å². The molecule has 6 nitrogen and oxygen atoms in total. The Bertz CT molecular complexity index is 498. The van der Waals surface area contributed by atoms with E-state index in [2.05, 4.69) is 4.98 Å².